The summed E-state index contributed by atoms with van der Waals surface area (Å²) in [4.78, 5) is 12.4. The number of amides is 1. The quantitative estimate of drug-likeness (QED) is 0.689. The maximum absolute atomic E-state index is 12.4. The Bertz CT molecular complexity index is 898. The van der Waals surface area contributed by atoms with Crippen LogP contribution in [0.15, 0.2) is 53.7 Å². The monoisotopic (exact) mass is 373 g/mol. The number of hydrogen-bond acceptors (Lipinski definition) is 5. The third-order valence-corrected chi connectivity index (χ3v) is 4.80. The first-order chi connectivity index (χ1) is 12.0. The predicted octanol–water partition coefficient (Wildman–Crippen LogP) is 3.74. The van der Waals surface area contributed by atoms with Crippen molar-refractivity contribution in [2.24, 2.45) is 0 Å². The first-order valence-corrected chi connectivity index (χ1v) is 8.88. The highest BCUT2D eigenvalue weighted by Crippen LogP contribution is 2.25. The van der Waals surface area contributed by atoms with Crippen molar-refractivity contribution in [2.75, 3.05) is 5.32 Å². The van der Waals surface area contributed by atoms with Crippen molar-refractivity contribution >= 4 is 35.0 Å². The molecule has 0 radical (unpaired) electrons. The number of tetrazole rings is 1. The third-order valence-electron chi connectivity index (χ3n) is 3.53. The van der Waals surface area contributed by atoms with Gasteiger partial charge in [-0.2, -0.15) is 4.68 Å². The molecule has 2 aromatic carbocycles. The van der Waals surface area contributed by atoms with Crippen LogP contribution in [0.25, 0.3) is 5.69 Å². The van der Waals surface area contributed by atoms with Crippen molar-refractivity contribution < 1.29 is 4.79 Å². The van der Waals surface area contributed by atoms with E-state index in [-0.39, 0.29) is 11.2 Å². The lowest BCUT2D eigenvalue weighted by molar-refractivity contribution is -0.115. The van der Waals surface area contributed by atoms with Gasteiger partial charge in [-0.1, -0.05) is 47.6 Å². The zero-order chi connectivity index (χ0) is 17.8. The van der Waals surface area contributed by atoms with Gasteiger partial charge in [0.15, 0.2) is 0 Å². The first-order valence-electron chi connectivity index (χ1n) is 7.62. The summed E-state index contributed by atoms with van der Waals surface area (Å²) in [6.45, 7) is 3.79. The topological polar surface area (TPSA) is 72.7 Å². The second-order valence-electron chi connectivity index (χ2n) is 5.42. The number of carbonyl (C=O) groups excluding carboxylic acids is 1. The molecule has 25 heavy (non-hydrogen) atoms. The van der Waals surface area contributed by atoms with E-state index in [1.165, 1.54) is 11.8 Å². The van der Waals surface area contributed by atoms with Crippen LogP contribution in [0, 0.1) is 6.92 Å². The highest BCUT2D eigenvalue weighted by molar-refractivity contribution is 8.00. The van der Waals surface area contributed by atoms with Crippen LogP contribution in [-0.2, 0) is 4.79 Å². The van der Waals surface area contributed by atoms with Gasteiger partial charge in [0.25, 0.3) is 0 Å². The van der Waals surface area contributed by atoms with Gasteiger partial charge in [-0.3, -0.25) is 4.79 Å². The molecule has 1 amide bonds. The van der Waals surface area contributed by atoms with Gasteiger partial charge in [0, 0.05) is 10.7 Å². The van der Waals surface area contributed by atoms with E-state index in [0.29, 0.717) is 15.9 Å². The lowest BCUT2D eigenvalue weighted by Gasteiger charge is -2.12. The molecule has 1 N–H and O–H groups in total. The summed E-state index contributed by atoms with van der Waals surface area (Å²) >= 11 is 7.23. The number of para-hydroxylation sites is 1. The van der Waals surface area contributed by atoms with Gasteiger partial charge < -0.3 is 5.32 Å². The smallest absolute Gasteiger partial charge is 0.237 e. The van der Waals surface area contributed by atoms with Crippen LogP contribution in [0.3, 0.4) is 0 Å². The van der Waals surface area contributed by atoms with Crippen molar-refractivity contribution in [1.82, 2.24) is 20.2 Å². The van der Waals surface area contributed by atoms with Crippen LogP contribution in [0.5, 0.6) is 0 Å². The normalized spacial score (nSPS) is 12.0. The number of nitrogens with zero attached hydrogens (tertiary/aromatic N) is 4. The second-order valence-corrected chi connectivity index (χ2v) is 7.16. The Hall–Kier alpha value is -2.38. The third kappa shape index (κ3) is 4.18. The molecule has 0 saturated carbocycles. The number of halogens is 1. The van der Waals surface area contributed by atoms with Gasteiger partial charge in [-0.05, 0) is 54.1 Å². The first kappa shape index (κ1) is 17.4. The van der Waals surface area contributed by atoms with E-state index in [4.69, 9.17) is 11.6 Å². The summed E-state index contributed by atoms with van der Waals surface area (Å²) in [7, 11) is 0. The molecule has 0 fully saturated rings. The molecule has 0 saturated heterocycles. The van der Waals surface area contributed by atoms with Crippen LogP contribution < -0.4 is 5.32 Å². The number of aryl methyl sites for hydroxylation is 1. The van der Waals surface area contributed by atoms with Gasteiger partial charge in [0.05, 0.1) is 10.9 Å². The number of rotatable bonds is 5. The van der Waals surface area contributed by atoms with Crippen molar-refractivity contribution in [3.63, 3.8) is 0 Å². The molecule has 3 aromatic rings. The lowest BCUT2D eigenvalue weighted by Crippen LogP contribution is -2.23. The minimum absolute atomic E-state index is 0.147. The van der Waals surface area contributed by atoms with E-state index in [1.54, 1.807) is 35.9 Å². The molecule has 0 aliphatic heterocycles. The van der Waals surface area contributed by atoms with Crippen LogP contribution in [0.2, 0.25) is 5.02 Å². The number of benzene rings is 2. The lowest BCUT2D eigenvalue weighted by atomic mass is 10.2. The number of aromatic nitrogens is 4. The molecule has 6 nitrogen and oxygen atoms in total. The fourth-order valence-corrected chi connectivity index (χ4v) is 3.22. The zero-order valence-electron chi connectivity index (χ0n) is 13.7. The highest BCUT2D eigenvalue weighted by Gasteiger charge is 2.20. The van der Waals surface area contributed by atoms with E-state index < -0.39 is 0 Å². The van der Waals surface area contributed by atoms with Crippen LogP contribution in [0.4, 0.5) is 5.69 Å². The second kappa shape index (κ2) is 7.67. The molecule has 1 atom stereocenters. The maximum Gasteiger partial charge on any atom is 0.237 e. The molecule has 128 valence electrons. The summed E-state index contributed by atoms with van der Waals surface area (Å²) < 4.78 is 1.64. The number of nitrogens with one attached hydrogen (secondary N) is 1. The highest BCUT2D eigenvalue weighted by atomic mass is 35.5. The Labute approximate surface area is 154 Å². The summed E-state index contributed by atoms with van der Waals surface area (Å²) in [6, 6.07) is 14.8. The van der Waals surface area contributed by atoms with Crippen molar-refractivity contribution in [1.29, 1.82) is 0 Å². The fourth-order valence-electron chi connectivity index (χ4n) is 2.23. The van der Waals surface area contributed by atoms with E-state index in [9.17, 15) is 4.79 Å². The molecular weight excluding hydrogens is 358 g/mol. The Kier molecular flexibility index (Phi) is 5.35. The van der Waals surface area contributed by atoms with Gasteiger partial charge >= 0.3 is 0 Å². The minimum atomic E-state index is -0.382. The van der Waals surface area contributed by atoms with Crippen molar-refractivity contribution in [2.45, 2.75) is 24.3 Å². The standard InChI is InChI=1S/C17H16ClN5OS/c1-11-6-3-4-9-15(11)23-17(20-21-22-23)25-12(2)16(24)19-14-8-5-7-13(18)10-14/h3-10,12H,1-2H3,(H,19,24)/t12-/m0/s1. The molecular formula is C17H16ClN5OS. The van der Waals surface area contributed by atoms with E-state index >= 15 is 0 Å². The average Bonchev–Trinajstić information content (AvgIpc) is 3.03. The molecule has 1 aromatic heterocycles. The molecule has 8 heteroatoms. The molecule has 1 heterocycles. The maximum atomic E-state index is 12.4. The predicted molar refractivity (Wildman–Crippen MR) is 99.3 cm³/mol. The Morgan fingerprint density at radius 3 is 2.80 bits per heavy atom. The molecule has 0 aliphatic rings. The number of carbonyl (C=O) groups is 1. The van der Waals surface area contributed by atoms with E-state index in [1.807, 2.05) is 31.2 Å². The van der Waals surface area contributed by atoms with E-state index in [2.05, 4.69) is 20.8 Å². The zero-order valence-corrected chi connectivity index (χ0v) is 15.3. The minimum Gasteiger partial charge on any atom is -0.325 e. The van der Waals surface area contributed by atoms with Crippen molar-refractivity contribution in [3.8, 4) is 5.69 Å². The number of thioether (sulfide) groups is 1. The fraction of sp³-hybridized carbons (Fsp3) is 0.176. The van der Waals surface area contributed by atoms with Crippen LogP contribution in [-0.4, -0.2) is 31.4 Å². The van der Waals surface area contributed by atoms with Gasteiger partial charge in [0.1, 0.15) is 0 Å². The Morgan fingerprint density at radius 1 is 1.24 bits per heavy atom. The van der Waals surface area contributed by atoms with Crippen molar-refractivity contribution in [3.05, 3.63) is 59.1 Å². The van der Waals surface area contributed by atoms with Gasteiger partial charge in [-0.25, -0.2) is 0 Å². The number of anilines is 1. The summed E-state index contributed by atoms with van der Waals surface area (Å²) in [5.41, 5.74) is 2.59. The summed E-state index contributed by atoms with van der Waals surface area (Å²) in [6.07, 6.45) is 0. The molecule has 0 spiro atoms. The van der Waals surface area contributed by atoms with Crippen LogP contribution in [0.1, 0.15) is 12.5 Å². The van der Waals surface area contributed by atoms with Gasteiger partial charge in [-0.15, -0.1) is 5.10 Å². The Morgan fingerprint density at radius 2 is 2.04 bits per heavy atom. The molecule has 0 bridgehead atoms. The van der Waals surface area contributed by atoms with Crippen LogP contribution >= 0.6 is 23.4 Å². The molecule has 3 rings (SSSR count). The summed E-state index contributed by atoms with van der Waals surface area (Å²) in [5.74, 6) is -0.147. The van der Waals surface area contributed by atoms with Gasteiger partial charge in [0.2, 0.25) is 11.1 Å². The average molecular weight is 374 g/mol. The largest absolute Gasteiger partial charge is 0.325 e. The van der Waals surface area contributed by atoms with E-state index in [0.717, 1.165) is 11.3 Å². The summed E-state index contributed by atoms with van der Waals surface area (Å²) in [5, 5.41) is 15.4. The molecule has 0 unspecified atom stereocenters. The molecule has 0 aliphatic carbocycles. The SMILES string of the molecule is Cc1ccccc1-n1nnnc1S[C@@H](C)C(=O)Nc1cccc(Cl)c1. The number of hydrogen-bond donors (Lipinski definition) is 1. The Balaban J connectivity index is 1.74.